The molecule has 24 heavy (non-hydrogen) atoms. The second-order valence-corrected chi connectivity index (χ2v) is 6.67. The van der Waals surface area contributed by atoms with Crippen LogP contribution in [0.5, 0.6) is 0 Å². The average molecular weight is 344 g/mol. The molecule has 4 rings (SSSR count). The molecule has 0 radical (unpaired) electrons. The standard InChI is InChI=1S/C18H18ClN3O2/c19-14-3-4-17-16(10-14)22(18(23)24-17)15-2-1-9-21(12-15)11-13-5-7-20-8-6-13/h3-8,10,15H,1-2,9,11-12H2. The molecule has 0 aliphatic carbocycles. The maximum Gasteiger partial charge on any atom is 0.420 e. The Morgan fingerprint density at radius 2 is 2.08 bits per heavy atom. The highest BCUT2D eigenvalue weighted by molar-refractivity contribution is 6.31. The van der Waals surface area contributed by atoms with Gasteiger partial charge in [0.1, 0.15) is 0 Å². The van der Waals surface area contributed by atoms with Gasteiger partial charge in [0.15, 0.2) is 5.58 Å². The van der Waals surface area contributed by atoms with Gasteiger partial charge in [-0.2, -0.15) is 0 Å². The third-order valence-electron chi connectivity index (χ3n) is 4.58. The normalized spacial score (nSPS) is 19.0. The number of piperidine rings is 1. The fourth-order valence-corrected chi connectivity index (χ4v) is 3.65. The van der Waals surface area contributed by atoms with Crippen molar-refractivity contribution >= 4 is 22.7 Å². The Morgan fingerprint density at radius 1 is 1.25 bits per heavy atom. The molecule has 1 aromatic carbocycles. The lowest BCUT2D eigenvalue weighted by molar-refractivity contribution is 0.168. The summed E-state index contributed by atoms with van der Waals surface area (Å²) in [5.41, 5.74) is 2.61. The predicted molar refractivity (Wildman–Crippen MR) is 93.3 cm³/mol. The van der Waals surface area contributed by atoms with Gasteiger partial charge in [-0.15, -0.1) is 0 Å². The number of hydrogen-bond acceptors (Lipinski definition) is 4. The zero-order valence-electron chi connectivity index (χ0n) is 13.2. The first-order valence-electron chi connectivity index (χ1n) is 8.12. The van der Waals surface area contributed by atoms with E-state index in [9.17, 15) is 4.79 Å². The SMILES string of the molecule is O=c1oc2ccc(Cl)cc2n1C1CCCN(Cc2ccncc2)C1. The van der Waals surface area contributed by atoms with Gasteiger partial charge in [0.25, 0.3) is 0 Å². The summed E-state index contributed by atoms with van der Waals surface area (Å²) in [5, 5.41) is 0.613. The summed E-state index contributed by atoms with van der Waals surface area (Å²) in [6.45, 7) is 2.72. The Hall–Kier alpha value is -2.11. The smallest absolute Gasteiger partial charge is 0.408 e. The second kappa shape index (κ2) is 6.42. The van der Waals surface area contributed by atoms with Crippen LogP contribution in [-0.2, 0) is 6.54 Å². The lowest BCUT2D eigenvalue weighted by Gasteiger charge is -2.33. The maximum absolute atomic E-state index is 12.3. The number of likely N-dealkylation sites (tertiary alicyclic amines) is 1. The summed E-state index contributed by atoms with van der Waals surface area (Å²) in [6.07, 6.45) is 5.64. The summed E-state index contributed by atoms with van der Waals surface area (Å²) in [4.78, 5) is 18.8. The van der Waals surface area contributed by atoms with Crippen molar-refractivity contribution in [3.63, 3.8) is 0 Å². The second-order valence-electron chi connectivity index (χ2n) is 6.24. The number of rotatable bonds is 3. The minimum Gasteiger partial charge on any atom is -0.408 e. The van der Waals surface area contributed by atoms with Crippen LogP contribution in [-0.4, -0.2) is 27.5 Å². The minimum atomic E-state index is -0.303. The molecule has 6 heteroatoms. The number of halogens is 1. The van der Waals surface area contributed by atoms with Crippen LogP contribution in [0.4, 0.5) is 0 Å². The van der Waals surface area contributed by atoms with Crippen LogP contribution >= 0.6 is 11.6 Å². The van der Waals surface area contributed by atoms with Crippen LogP contribution in [0, 0.1) is 0 Å². The number of oxazole rings is 1. The zero-order valence-corrected chi connectivity index (χ0v) is 13.9. The average Bonchev–Trinajstić information content (AvgIpc) is 2.91. The third-order valence-corrected chi connectivity index (χ3v) is 4.81. The minimum absolute atomic E-state index is 0.104. The van der Waals surface area contributed by atoms with E-state index in [4.69, 9.17) is 16.0 Å². The van der Waals surface area contributed by atoms with Crippen LogP contribution < -0.4 is 5.76 Å². The topological polar surface area (TPSA) is 51.3 Å². The Morgan fingerprint density at radius 3 is 2.92 bits per heavy atom. The highest BCUT2D eigenvalue weighted by atomic mass is 35.5. The van der Waals surface area contributed by atoms with Crippen molar-refractivity contribution < 1.29 is 4.42 Å². The highest BCUT2D eigenvalue weighted by Crippen LogP contribution is 2.27. The molecule has 5 nitrogen and oxygen atoms in total. The van der Waals surface area contributed by atoms with E-state index in [1.807, 2.05) is 30.6 Å². The maximum atomic E-state index is 12.3. The molecule has 1 unspecified atom stereocenters. The molecular weight excluding hydrogens is 326 g/mol. The van der Waals surface area contributed by atoms with E-state index in [0.29, 0.717) is 10.6 Å². The molecule has 1 atom stereocenters. The van der Waals surface area contributed by atoms with E-state index < -0.39 is 0 Å². The molecule has 1 aliphatic rings. The molecule has 3 heterocycles. The molecule has 2 aromatic heterocycles. The van der Waals surface area contributed by atoms with Crippen molar-refractivity contribution in [3.05, 3.63) is 63.9 Å². The molecule has 0 N–H and O–H groups in total. The fourth-order valence-electron chi connectivity index (χ4n) is 3.48. The van der Waals surface area contributed by atoms with Crippen LogP contribution in [0.1, 0.15) is 24.4 Å². The van der Waals surface area contributed by atoms with Crippen LogP contribution in [0.3, 0.4) is 0 Å². The van der Waals surface area contributed by atoms with Crippen LogP contribution in [0.2, 0.25) is 5.02 Å². The molecule has 1 saturated heterocycles. The fraction of sp³-hybridized carbons (Fsp3) is 0.333. The van der Waals surface area contributed by atoms with E-state index in [1.165, 1.54) is 5.56 Å². The van der Waals surface area contributed by atoms with Gasteiger partial charge in [0, 0.05) is 30.5 Å². The van der Waals surface area contributed by atoms with E-state index in [2.05, 4.69) is 9.88 Å². The highest BCUT2D eigenvalue weighted by Gasteiger charge is 2.25. The Labute approximate surface area is 144 Å². The van der Waals surface area contributed by atoms with E-state index in [1.54, 1.807) is 16.7 Å². The molecule has 1 aliphatic heterocycles. The largest absolute Gasteiger partial charge is 0.420 e. The number of benzene rings is 1. The van der Waals surface area contributed by atoms with Crippen molar-refractivity contribution in [1.82, 2.24) is 14.5 Å². The van der Waals surface area contributed by atoms with Gasteiger partial charge in [-0.1, -0.05) is 11.6 Å². The van der Waals surface area contributed by atoms with Gasteiger partial charge in [0.2, 0.25) is 0 Å². The molecule has 0 bridgehead atoms. The Balaban J connectivity index is 1.61. The summed E-state index contributed by atoms with van der Waals surface area (Å²) < 4.78 is 7.15. The summed E-state index contributed by atoms with van der Waals surface area (Å²) in [5.74, 6) is -0.303. The van der Waals surface area contributed by atoms with Gasteiger partial charge in [-0.25, -0.2) is 4.79 Å². The molecule has 0 spiro atoms. The predicted octanol–water partition coefficient (Wildman–Crippen LogP) is 3.48. The first-order valence-corrected chi connectivity index (χ1v) is 8.50. The molecule has 0 amide bonds. The van der Waals surface area contributed by atoms with Gasteiger partial charge in [-0.3, -0.25) is 14.5 Å². The molecule has 0 saturated carbocycles. The Kier molecular flexibility index (Phi) is 4.12. The number of hydrogen-bond donors (Lipinski definition) is 0. The summed E-state index contributed by atoms with van der Waals surface area (Å²) in [7, 11) is 0. The molecular formula is C18H18ClN3O2. The quantitative estimate of drug-likeness (QED) is 0.730. The van der Waals surface area contributed by atoms with Crippen LogP contribution in [0.15, 0.2) is 51.9 Å². The number of aromatic nitrogens is 2. The van der Waals surface area contributed by atoms with Crippen molar-refractivity contribution in [3.8, 4) is 0 Å². The van der Waals surface area contributed by atoms with E-state index in [0.717, 1.165) is 38.0 Å². The van der Waals surface area contributed by atoms with Crippen molar-refractivity contribution in [2.24, 2.45) is 0 Å². The van der Waals surface area contributed by atoms with E-state index >= 15 is 0 Å². The lowest BCUT2D eigenvalue weighted by Crippen LogP contribution is -2.38. The number of fused-ring (bicyclic) bond motifs is 1. The van der Waals surface area contributed by atoms with Gasteiger partial charge in [-0.05, 0) is 55.3 Å². The van der Waals surface area contributed by atoms with Gasteiger partial charge >= 0.3 is 5.76 Å². The number of nitrogens with zero attached hydrogens (tertiary/aromatic N) is 3. The Bertz CT molecular complexity index is 904. The molecule has 124 valence electrons. The molecule has 1 fully saturated rings. The monoisotopic (exact) mass is 343 g/mol. The van der Waals surface area contributed by atoms with Crippen molar-refractivity contribution in [2.75, 3.05) is 13.1 Å². The van der Waals surface area contributed by atoms with E-state index in [-0.39, 0.29) is 11.8 Å². The van der Waals surface area contributed by atoms with Crippen molar-refractivity contribution in [1.29, 1.82) is 0 Å². The summed E-state index contributed by atoms with van der Waals surface area (Å²) in [6, 6.07) is 9.48. The first kappa shape index (κ1) is 15.4. The summed E-state index contributed by atoms with van der Waals surface area (Å²) >= 11 is 6.10. The first-order chi connectivity index (χ1) is 11.7. The molecule has 3 aromatic rings. The van der Waals surface area contributed by atoms with Crippen molar-refractivity contribution in [2.45, 2.75) is 25.4 Å². The van der Waals surface area contributed by atoms with Crippen LogP contribution in [0.25, 0.3) is 11.1 Å². The third kappa shape index (κ3) is 2.97. The van der Waals surface area contributed by atoms with Gasteiger partial charge in [0.05, 0.1) is 11.6 Å². The zero-order chi connectivity index (χ0) is 16.5. The number of pyridine rings is 1. The van der Waals surface area contributed by atoms with Gasteiger partial charge < -0.3 is 4.42 Å². The lowest BCUT2D eigenvalue weighted by atomic mass is 10.0.